The number of hydrogen-bond donors (Lipinski definition) is 2. The molecule has 1 aromatic rings. The van der Waals surface area contributed by atoms with Crippen LogP contribution >= 0.6 is 0 Å². The van der Waals surface area contributed by atoms with E-state index in [1.165, 1.54) is 12.1 Å². The summed E-state index contributed by atoms with van der Waals surface area (Å²) in [6, 6.07) is 6.68. The third-order valence-corrected chi connectivity index (χ3v) is 8.19. The van der Waals surface area contributed by atoms with Gasteiger partial charge in [0.15, 0.2) is 0 Å². The number of benzene rings is 1. The van der Waals surface area contributed by atoms with Gasteiger partial charge in [0.2, 0.25) is 11.8 Å². The lowest BCUT2D eigenvalue weighted by Crippen LogP contribution is -2.62. The Kier molecular flexibility index (Phi) is 4.06. The molecular weight excluding hydrogens is 359 g/mol. The van der Waals surface area contributed by atoms with Crippen LogP contribution in [-0.2, 0) is 15.0 Å². The molecule has 5 aliphatic rings. The number of amides is 2. The Morgan fingerprint density at radius 3 is 2.07 bits per heavy atom. The van der Waals surface area contributed by atoms with Crippen LogP contribution in [0.15, 0.2) is 24.3 Å². The maximum absolute atomic E-state index is 13.6. The van der Waals surface area contributed by atoms with E-state index in [9.17, 15) is 19.1 Å². The third kappa shape index (κ3) is 2.53. The zero-order valence-corrected chi connectivity index (χ0v) is 15.9. The molecule has 4 saturated carbocycles. The molecule has 1 aliphatic heterocycles. The molecule has 0 aromatic heterocycles. The molecule has 0 unspecified atom stereocenters. The van der Waals surface area contributed by atoms with Gasteiger partial charge in [-0.1, -0.05) is 12.1 Å². The molecule has 0 atom stereocenters. The van der Waals surface area contributed by atoms with Crippen LogP contribution < -0.4 is 5.73 Å². The van der Waals surface area contributed by atoms with E-state index < -0.39 is 6.10 Å². The summed E-state index contributed by atoms with van der Waals surface area (Å²) in [5, 5.41) is 9.59. The van der Waals surface area contributed by atoms with Gasteiger partial charge in [-0.05, 0) is 67.1 Å². The first-order chi connectivity index (χ1) is 13.4. The molecule has 0 radical (unpaired) electrons. The van der Waals surface area contributed by atoms with Crippen molar-refractivity contribution in [2.75, 3.05) is 13.1 Å². The van der Waals surface area contributed by atoms with E-state index >= 15 is 0 Å². The summed E-state index contributed by atoms with van der Waals surface area (Å²) in [4.78, 5) is 26.8. The summed E-state index contributed by atoms with van der Waals surface area (Å²) in [6.07, 6.45) is 3.63. The first-order valence-corrected chi connectivity index (χ1v) is 10.4. The van der Waals surface area contributed by atoms with E-state index in [0.29, 0.717) is 43.2 Å². The maximum Gasteiger partial charge on any atom is 0.223 e. The largest absolute Gasteiger partial charge is 0.389 e. The first kappa shape index (κ1) is 18.1. The second kappa shape index (κ2) is 6.28. The first-order valence-electron chi connectivity index (χ1n) is 10.4. The lowest BCUT2D eigenvalue weighted by molar-refractivity contribution is -0.156. The van der Waals surface area contributed by atoms with Crippen LogP contribution in [0.5, 0.6) is 0 Å². The van der Waals surface area contributed by atoms with E-state index in [1.54, 1.807) is 4.90 Å². The minimum atomic E-state index is -0.416. The average molecular weight is 386 g/mol. The Bertz CT molecular complexity index is 773. The lowest BCUT2D eigenvalue weighted by atomic mass is 9.40. The Morgan fingerprint density at radius 1 is 1.07 bits per heavy atom. The summed E-state index contributed by atoms with van der Waals surface area (Å²) in [6.45, 7) is 0.811. The van der Waals surface area contributed by atoms with E-state index in [1.807, 2.05) is 12.1 Å². The molecule has 1 aromatic carbocycles. The predicted molar refractivity (Wildman–Crippen MR) is 100 cm³/mol. The van der Waals surface area contributed by atoms with E-state index in [4.69, 9.17) is 5.73 Å². The molecule has 5 fully saturated rings. The minimum absolute atomic E-state index is 0.0278. The molecule has 1 heterocycles. The van der Waals surface area contributed by atoms with Crippen LogP contribution in [0.1, 0.15) is 37.7 Å². The van der Waals surface area contributed by atoms with Crippen LogP contribution in [-0.4, -0.2) is 41.0 Å². The SMILES string of the molecule is NC(=O)C1C2CC3CC1CC(C2)C3(CC(=O)N1CC(O)C1)c1ccc(F)cc1. The second-order valence-corrected chi connectivity index (χ2v) is 9.46. The standard InChI is InChI=1S/C22H27FN2O3/c23-17-3-1-14(2-4-17)22(9-19(27)25-10-18(26)11-25)15-5-12-6-16(22)8-13(7-15)20(12)21(24)28/h1-4,12-13,15-16,18,20,26H,5-11H2,(H2,24,28). The average Bonchev–Trinajstić information content (AvgIpc) is 2.61. The van der Waals surface area contributed by atoms with E-state index in [2.05, 4.69) is 0 Å². The van der Waals surface area contributed by atoms with Crippen molar-refractivity contribution in [1.82, 2.24) is 4.90 Å². The predicted octanol–water partition coefficient (Wildman–Crippen LogP) is 1.82. The number of nitrogens with zero attached hydrogens (tertiary/aromatic N) is 1. The van der Waals surface area contributed by atoms with Crippen molar-refractivity contribution in [1.29, 1.82) is 0 Å². The number of hydrogen-bond acceptors (Lipinski definition) is 3. The number of aliphatic hydroxyl groups excluding tert-OH is 1. The number of rotatable bonds is 4. The van der Waals surface area contributed by atoms with Crippen LogP contribution in [0.4, 0.5) is 4.39 Å². The summed E-state index contributed by atoms with van der Waals surface area (Å²) >= 11 is 0. The molecule has 28 heavy (non-hydrogen) atoms. The molecule has 150 valence electrons. The van der Waals surface area contributed by atoms with Gasteiger partial charge in [0, 0.05) is 30.8 Å². The van der Waals surface area contributed by atoms with Crippen molar-refractivity contribution in [2.24, 2.45) is 35.3 Å². The van der Waals surface area contributed by atoms with Gasteiger partial charge in [0.25, 0.3) is 0 Å². The number of nitrogens with two attached hydrogens (primary N) is 1. The number of primary amides is 1. The van der Waals surface area contributed by atoms with Gasteiger partial charge in [-0.25, -0.2) is 4.39 Å². The van der Waals surface area contributed by atoms with Gasteiger partial charge in [-0.15, -0.1) is 0 Å². The van der Waals surface area contributed by atoms with Crippen LogP contribution in [0.3, 0.4) is 0 Å². The Balaban J connectivity index is 1.50. The normalized spacial score (nSPS) is 39.1. The Hall–Kier alpha value is -1.95. The zero-order valence-electron chi connectivity index (χ0n) is 15.9. The number of carbonyl (C=O) groups is 2. The number of carbonyl (C=O) groups excluding carboxylic acids is 2. The topological polar surface area (TPSA) is 83.6 Å². The lowest BCUT2D eigenvalue weighted by Gasteiger charge is -2.63. The summed E-state index contributed by atoms with van der Waals surface area (Å²) in [5.74, 6) is 0.857. The number of halogens is 1. The maximum atomic E-state index is 13.6. The zero-order chi connectivity index (χ0) is 19.6. The smallest absolute Gasteiger partial charge is 0.223 e. The third-order valence-electron chi connectivity index (χ3n) is 8.19. The van der Waals surface area contributed by atoms with Gasteiger partial charge in [0.1, 0.15) is 5.82 Å². The molecule has 6 heteroatoms. The fourth-order valence-corrected chi connectivity index (χ4v) is 7.10. The molecule has 4 bridgehead atoms. The van der Waals surface area contributed by atoms with Crippen LogP contribution in [0, 0.1) is 35.4 Å². The minimum Gasteiger partial charge on any atom is -0.389 e. The summed E-state index contributed by atoms with van der Waals surface area (Å²) in [7, 11) is 0. The Morgan fingerprint density at radius 2 is 1.61 bits per heavy atom. The second-order valence-electron chi connectivity index (χ2n) is 9.46. The van der Waals surface area contributed by atoms with Gasteiger partial charge in [-0.3, -0.25) is 9.59 Å². The van der Waals surface area contributed by atoms with Crippen molar-refractivity contribution >= 4 is 11.8 Å². The number of aliphatic hydroxyl groups is 1. The van der Waals surface area contributed by atoms with Crippen LogP contribution in [0.2, 0.25) is 0 Å². The fourth-order valence-electron chi connectivity index (χ4n) is 7.10. The van der Waals surface area contributed by atoms with E-state index in [0.717, 1.165) is 31.2 Å². The highest BCUT2D eigenvalue weighted by Gasteiger charge is 2.62. The van der Waals surface area contributed by atoms with Crippen molar-refractivity contribution in [3.8, 4) is 0 Å². The molecule has 2 amide bonds. The monoisotopic (exact) mass is 386 g/mol. The summed E-state index contributed by atoms with van der Waals surface area (Å²) in [5.41, 5.74) is 6.45. The van der Waals surface area contributed by atoms with Crippen molar-refractivity contribution < 1.29 is 19.1 Å². The van der Waals surface area contributed by atoms with Gasteiger partial charge in [0.05, 0.1) is 6.10 Å². The highest BCUT2D eigenvalue weighted by molar-refractivity contribution is 5.80. The summed E-state index contributed by atoms with van der Waals surface area (Å²) < 4.78 is 13.6. The molecular formula is C22H27FN2O3. The highest BCUT2D eigenvalue weighted by atomic mass is 19.1. The van der Waals surface area contributed by atoms with E-state index in [-0.39, 0.29) is 29.0 Å². The molecule has 1 saturated heterocycles. The molecule has 6 rings (SSSR count). The van der Waals surface area contributed by atoms with Gasteiger partial charge in [-0.2, -0.15) is 0 Å². The van der Waals surface area contributed by atoms with Crippen molar-refractivity contribution in [3.05, 3.63) is 35.6 Å². The molecule has 4 aliphatic carbocycles. The molecule has 0 spiro atoms. The fraction of sp³-hybridized carbons (Fsp3) is 0.636. The molecule has 5 nitrogen and oxygen atoms in total. The van der Waals surface area contributed by atoms with Gasteiger partial charge < -0.3 is 15.7 Å². The van der Waals surface area contributed by atoms with Crippen molar-refractivity contribution in [2.45, 2.75) is 43.6 Å². The molecule has 3 N–H and O–H groups in total. The van der Waals surface area contributed by atoms with Crippen molar-refractivity contribution in [3.63, 3.8) is 0 Å². The van der Waals surface area contributed by atoms with Gasteiger partial charge >= 0.3 is 0 Å². The number of β-amino-alcohol motifs (C(OH)–C–C–N with tert-alkyl or cyclic N) is 1. The van der Waals surface area contributed by atoms with Crippen LogP contribution in [0.25, 0.3) is 0 Å². The number of likely N-dealkylation sites (tertiary alicyclic amines) is 1. The Labute approximate surface area is 164 Å². The quantitative estimate of drug-likeness (QED) is 0.828. The highest BCUT2D eigenvalue weighted by Crippen LogP contribution is 2.65.